The fourth-order valence-electron chi connectivity index (χ4n) is 3.28. The van der Waals surface area contributed by atoms with E-state index in [0.717, 1.165) is 42.8 Å². The van der Waals surface area contributed by atoms with Crippen LogP contribution in [0.4, 0.5) is 11.8 Å². The highest BCUT2D eigenvalue weighted by atomic mass is 35.5. The lowest BCUT2D eigenvalue weighted by Gasteiger charge is -2.33. The summed E-state index contributed by atoms with van der Waals surface area (Å²) in [5, 5.41) is 4.21. The number of hydrogen-bond donors (Lipinski definition) is 1. The predicted molar refractivity (Wildman–Crippen MR) is 106 cm³/mol. The van der Waals surface area contributed by atoms with Crippen molar-refractivity contribution in [3.8, 4) is 0 Å². The van der Waals surface area contributed by atoms with Gasteiger partial charge >= 0.3 is 0 Å². The van der Waals surface area contributed by atoms with E-state index in [1.165, 1.54) is 32.1 Å². The first-order chi connectivity index (χ1) is 11.2. The summed E-state index contributed by atoms with van der Waals surface area (Å²) in [6.07, 6.45) is 8.43. The van der Waals surface area contributed by atoms with Crippen LogP contribution in [0.25, 0.3) is 0 Å². The molecule has 0 unspecified atom stereocenters. The Kier molecular flexibility index (Phi) is 7.72. The van der Waals surface area contributed by atoms with Gasteiger partial charge in [-0.15, -0.1) is 24.2 Å². The topological polar surface area (TPSA) is 44.3 Å². The van der Waals surface area contributed by atoms with Crippen LogP contribution in [0.1, 0.15) is 32.1 Å². The summed E-state index contributed by atoms with van der Waals surface area (Å²) >= 11 is 8.07. The van der Waals surface area contributed by atoms with E-state index in [1.54, 1.807) is 11.8 Å². The highest BCUT2D eigenvalue weighted by Crippen LogP contribution is 2.34. The third kappa shape index (κ3) is 4.81. The minimum atomic E-state index is 0. The van der Waals surface area contributed by atoms with Gasteiger partial charge in [0.15, 0.2) is 0 Å². The highest BCUT2D eigenvalue weighted by molar-refractivity contribution is 7.98. The van der Waals surface area contributed by atoms with Gasteiger partial charge in [-0.3, -0.25) is 0 Å². The zero-order chi connectivity index (χ0) is 16.2. The number of rotatable bonds is 4. The Morgan fingerprint density at radius 2 is 1.75 bits per heavy atom. The molecule has 5 nitrogen and oxygen atoms in total. The number of hydrogen-bond acceptors (Lipinski definition) is 6. The van der Waals surface area contributed by atoms with E-state index in [-0.39, 0.29) is 12.4 Å². The fraction of sp³-hybridized carbons (Fsp3) is 0.750. The van der Waals surface area contributed by atoms with Gasteiger partial charge in [-0.05, 0) is 26.1 Å². The van der Waals surface area contributed by atoms with Crippen molar-refractivity contribution in [2.24, 2.45) is 0 Å². The van der Waals surface area contributed by atoms with Crippen LogP contribution in [-0.4, -0.2) is 60.4 Å². The molecule has 2 aliphatic rings. The maximum Gasteiger partial charge on any atom is 0.228 e. The second kappa shape index (κ2) is 9.32. The van der Waals surface area contributed by atoms with Gasteiger partial charge in [-0.1, -0.05) is 30.9 Å². The summed E-state index contributed by atoms with van der Waals surface area (Å²) in [5.74, 6) is 1.68. The van der Waals surface area contributed by atoms with Gasteiger partial charge < -0.3 is 15.1 Å². The number of nitrogens with zero attached hydrogens (tertiary/aromatic N) is 4. The van der Waals surface area contributed by atoms with Crippen molar-refractivity contribution in [2.45, 2.75) is 43.0 Å². The normalized spacial score (nSPS) is 19.9. The van der Waals surface area contributed by atoms with Gasteiger partial charge in [0.1, 0.15) is 11.0 Å². The smallest absolute Gasteiger partial charge is 0.228 e. The van der Waals surface area contributed by atoms with Crippen LogP contribution < -0.4 is 10.2 Å². The molecule has 0 atom stereocenters. The fourth-order valence-corrected chi connectivity index (χ4v) is 4.19. The van der Waals surface area contributed by atoms with Crippen LogP contribution in [0.3, 0.4) is 0 Å². The number of nitrogens with one attached hydrogen (secondary N) is 1. The average Bonchev–Trinajstić information content (AvgIpc) is 2.56. The molecule has 2 heterocycles. The van der Waals surface area contributed by atoms with Gasteiger partial charge in [0.2, 0.25) is 5.95 Å². The molecule has 1 aliphatic heterocycles. The molecule has 1 saturated heterocycles. The molecule has 1 N–H and O–H groups in total. The Morgan fingerprint density at radius 3 is 2.38 bits per heavy atom. The zero-order valence-electron chi connectivity index (χ0n) is 14.4. The van der Waals surface area contributed by atoms with Crippen LogP contribution in [0.2, 0.25) is 5.15 Å². The third-order valence-electron chi connectivity index (χ3n) is 4.75. The van der Waals surface area contributed by atoms with E-state index in [0.29, 0.717) is 11.2 Å². The van der Waals surface area contributed by atoms with Gasteiger partial charge in [-0.25, -0.2) is 0 Å². The molecule has 0 amide bonds. The van der Waals surface area contributed by atoms with Crippen molar-refractivity contribution < 1.29 is 0 Å². The zero-order valence-corrected chi connectivity index (χ0v) is 16.8. The van der Waals surface area contributed by atoms with Crippen LogP contribution >= 0.6 is 35.8 Å². The van der Waals surface area contributed by atoms with E-state index in [1.807, 2.05) is 6.26 Å². The van der Waals surface area contributed by atoms with Crippen LogP contribution in [0.15, 0.2) is 4.90 Å². The maximum atomic E-state index is 6.45. The van der Waals surface area contributed by atoms with Gasteiger partial charge in [0, 0.05) is 32.2 Å². The molecule has 8 heteroatoms. The summed E-state index contributed by atoms with van der Waals surface area (Å²) in [6.45, 7) is 3.98. The second-order valence-corrected chi connectivity index (χ2v) is 7.64. The van der Waals surface area contributed by atoms with E-state index < -0.39 is 0 Å². The molecule has 2 fully saturated rings. The largest absolute Gasteiger partial charge is 0.366 e. The minimum Gasteiger partial charge on any atom is -0.366 e. The quantitative estimate of drug-likeness (QED) is 0.622. The van der Waals surface area contributed by atoms with Crippen molar-refractivity contribution >= 4 is 47.5 Å². The Labute approximate surface area is 160 Å². The maximum absolute atomic E-state index is 6.45. The Morgan fingerprint density at radius 1 is 1.08 bits per heavy atom. The van der Waals surface area contributed by atoms with Gasteiger partial charge in [0.05, 0.1) is 4.90 Å². The van der Waals surface area contributed by atoms with Crippen molar-refractivity contribution in [3.63, 3.8) is 0 Å². The number of thioether (sulfide) groups is 1. The van der Waals surface area contributed by atoms with Crippen molar-refractivity contribution in [2.75, 3.05) is 49.7 Å². The second-order valence-electron chi connectivity index (χ2n) is 6.47. The first-order valence-electron chi connectivity index (χ1n) is 8.49. The molecule has 1 saturated carbocycles. The molecule has 3 rings (SSSR count). The molecular formula is C16H27Cl2N5S. The summed E-state index contributed by atoms with van der Waals surface area (Å²) in [4.78, 5) is 14.9. The lowest BCUT2D eigenvalue weighted by Crippen LogP contribution is -2.45. The number of anilines is 2. The van der Waals surface area contributed by atoms with Crippen LogP contribution in [-0.2, 0) is 0 Å². The summed E-state index contributed by atoms with van der Waals surface area (Å²) in [5.41, 5.74) is 0. The van der Waals surface area contributed by atoms with Crippen molar-refractivity contribution in [1.82, 2.24) is 14.9 Å². The number of likely N-dealkylation sites (N-methyl/N-ethyl adjacent to an activating group) is 1. The highest BCUT2D eigenvalue weighted by Gasteiger charge is 2.22. The molecule has 1 aliphatic carbocycles. The molecule has 136 valence electrons. The Bertz CT molecular complexity index is 531. The number of piperazine rings is 1. The molecule has 0 bridgehead atoms. The first-order valence-corrected chi connectivity index (χ1v) is 10.1. The molecule has 0 spiro atoms. The van der Waals surface area contributed by atoms with Crippen molar-refractivity contribution in [3.05, 3.63) is 5.15 Å². The Balaban J connectivity index is 0.00000208. The number of halogens is 2. The average molecular weight is 392 g/mol. The van der Waals surface area contributed by atoms with Crippen molar-refractivity contribution in [1.29, 1.82) is 0 Å². The van der Waals surface area contributed by atoms with E-state index in [2.05, 4.69) is 27.1 Å². The van der Waals surface area contributed by atoms with Crippen LogP contribution in [0, 0.1) is 0 Å². The SMILES string of the molecule is CSc1c(Cl)nc(N2CCN(C)CC2)nc1NC1CCCCC1.Cl. The summed E-state index contributed by atoms with van der Waals surface area (Å²) in [6, 6.07) is 0.515. The number of aromatic nitrogens is 2. The molecule has 1 aromatic heterocycles. The predicted octanol–water partition coefficient (Wildman–Crippen LogP) is 3.77. The minimum absolute atomic E-state index is 0. The van der Waals surface area contributed by atoms with E-state index >= 15 is 0 Å². The van der Waals surface area contributed by atoms with E-state index in [4.69, 9.17) is 16.6 Å². The third-order valence-corrected chi connectivity index (χ3v) is 5.93. The summed E-state index contributed by atoms with van der Waals surface area (Å²) in [7, 11) is 2.15. The van der Waals surface area contributed by atoms with Crippen LogP contribution in [0.5, 0.6) is 0 Å². The monoisotopic (exact) mass is 391 g/mol. The van der Waals surface area contributed by atoms with Gasteiger partial charge in [0.25, 0.3) is 0 Å². The van der Waals surface area contributed by atoms with Gasteiger partial charge in [-0.2, -0.15) is 9.97 Å². The summed E-state index contributed by atoms with van der Waals surface area (Å²) < 4.78 is 0. The molecule has 24 heavy (non-hydrogen) atoms. The molecule has 1 aromatic rings. The molecule has 0 radical (unpaired) electrons. The Hall–Kier alpha value is -0.430. The first kappa shape index (κ1) is 19.9. The van der Waals surface area contributed by atoms with E-state index in [9.17, 15) is 0 Å². The lowest BCUT2D eigenvalue weighted by atomic mass is 9.95. The molecule has 0 aromatic carbocycles. The lowest BCUT2D eigenvalue weighted by molar-refractivity contribution is 0.311. The standard InChI is InChI=1S/C16H26ClN5S.ClH/c1-21-8-10-22(11-9-21)16-19-14(17)13(23-2)15(20-16)18-12-6-4-3-5-7-12;/h12H,3-11H2,1-2H3,(H,18,19,20);1H. The molecular weight excluding hydrogens is 365 g/mol.